The van der Waals surface area contributed by atoms with Gasteiger partial charge in [-0.05, 0) is 37.6 Å². The molecule has 0 saturated heterocycles. The van der Waals surface area contributed by atoms with E-state index in [1.807, 2.05) is 0 Å². The van der Waals surface area contributed by atoms with Gasteiger partial charge in [-0.25, -0.2) is 0 Å². The van der Waals surface area contributed by atoms with Crippen molar-refractivity contribution in [1.29, 1.82) is 0 Å². The first-order valence-electron chi connectivity index (χ1n) is 5.93. The maximum absolute atomic E-state index is 11.7. The van der Waals surface area contributed by atoms with Crippen LogP contribution in [-0.2, 0) is 0 Å². The second-order valence-corrected chi connectivity index (χ2v) is 4.02. The predicted molar refractivity (Wildman–Crippen MR) is 70.8 cm³/mol. The van der Waals surface area contributed by atoms with Gasteiger partial charge in [-0.1, -0.05) is 12.7 Å². The molecule has 1 rings (SSSR count). The Morgan fingerprint density at radius 2 is 2.17 bits per heavy atom. The number of hydrogen-bond donors (Lipinski definition) is 2. The van der Waals surface area contributed by atoms with E-state index in [0.717, 1.165) is 0 Å². The lowest BCUT2D eigenvalue weighted by Crippen LogP contribution is -2.26. The van der Waals surface area contributed by atoms with Crippen molar-refractivity contribution in [2.45, 2.75) is 19.4 Å². The van der Waals surface area contributed by atoms with Crippen LogP contribution in [0.1, 0.15) is 23.7 Å². The topological polar surface area (TPSA) is 58.6 Å². The van der Waals surface area contributed by atoms with Crippen molar-refractivity contribution in [3.05, 3.63) is 42.5 Å². The van der Waals surface area contributed by atoms with Crippen molar-refractivity contribution in [2.75, 3.05) is 13.2 Å². The van der Waals surface area contributed by atoms with Gasteiger partial charge >= 0.3 is 0 Å². The second kappa shape index (κ2) is 7.50. The zero-order chi connectivity index (χ0) is 13.4. The molecule has 0 saturated carbocycles. The number of nitrogens with one attached hydrogen (secondary N) is 1. The van der Waals surface area contributed by atoms with E-state index in [-0.39, 0.29) is 5.91 Å². The smallest absolute Gasteiger partial charge is 0.251 e. The van der Waals surface area contributed by atoms with E-state index in [0.29, 0.717) is 30.9 Å². The van der Waals surface area contributed by atoms with Crippen molar-refractivity contribution < 1.29 is 14.6 Å². The summed E-state index contributed by atoms with van der Waals surface area (Å²) >= 11 is 0. The predicted octanol–water partition coefficient (Wildman–Crippen LogP) is 1.75. The Balaban J connectivity index is 2.45. The van der Waals surface area contributed by atoms with E-state index >= 15 is 0 Å². The van der Waals surface area contributed by atoms with E-state index in [2.05, 4.69) is 11.9 Å². The molecular weight excluding hydrogens is 230 g/mol. The van der Waals surface area contributed by atoms with Gasteiger partial charge in [-0.3, -0.25) is 4.79 Å². The summed E-state index contributed by atoms with van der Waals surface area (Å²) in [6, 6.07) is 6.90. The molecule has 0 aliphatic carbocycles. The number of carbonyl (C=O) groups excluding carboxylic acids is 1. The highest BCUT2D eigenvalue weighted by molar-refractivity contribution is 5.94. The van der Waals surface area contributed by atoms with Crippen LogP contribution in [0.25, 0.3) is 0 Å². The molecule has 0 bridgehead atoms. The molecule has 18 heavy (non-hydrogen) atoms. The number of rotatable bonds is 7. The van der Waals surface area contributed by atoms with E-state index in [4.69, 9.17) is 9.84 Å². The minimum atomic E-state index is -0.403. The summed E-state index contributed by atoms with van der Waals surface area (Å²) < 4.78 is 5.32. The SMILES string of the molecule is C=CCOc1ccc(C(=O)NCCC(C)O)cc1. The lowest BCUT2D eigenvalue weighted by atomic mass is 10.2. The molecule has 4 heteroatoms. The number of aliphatic hydroxyl groups is 1. The number of amides is 1. The molecule has 1 unspecified atom stereocenters. The first-order valence-corrected chi connectivity index (χ1v) is 5.93. The third-order valence-corrected chi connectivity index (χ3v) is 2.33. The van der Waals surface area contributed by atoms with Gasteiger partial charge in [0.05, 0.1) is 6.10 Å². The maximum Gasteiger partial charge on any atom is 0.251 e. The van der Waals surface area contributed by atoms with E-state index < -0.39 is 6.10 Å². The minimum Gasteiger partial charge on any atom is -0.490 e. The van der Waals surface area contributed by atoms with Crippen LogP contribution in [0.15, 0.2) is 36.9 Å². The molecule has 0 fully saturated rings. The van der Waals surface area contributed by atoms with Crippen LogP contribution in [0.3, 0.4) is 0 Å². The number of hydrogen-bond acceptors (Lipinski definition) is 3. The Morgan fingerprint density at radius 1 is 1.50 bits per heavy atom. The Hall–Kier alpha value is -1.81. The molecule has 0 aliphatic heterocycles. The van der Waals surface area contributed by atoms with E-state index in [1.165, 1.54) is 0 Å². The molecule has 1 atom stereocenters. The first-order chi connectivity index (χ1) is 8.63. The molecule has 1 amide bonds. The molecule has 0 aromatic heterocycles. The fourth-order valence-electron chi connectivity index (χ4n) is 1.35. The molecule has 0 spiro atoms. The van der Waals surface area contributed by atoms with Crippen LogP contribution in [-0.4, -0.2) is 30.3 Å². The van der Waals surface area contributed by atoms with Crippen molar-refractivity contribution >= 4 is 5.91 Å². The highest BCUT2D eigenvalue weighted by Gasteiger charge is 2.05. The molecule has 0 radical (unpaired) electrons. The number of benzene rings is 1. The lowest BCUT2D eigenvalue weighted by molar-refractivity contribution is 0.0945. The van der Waals surface area contributed by atoms with Crippen molar-refractivity contribution in [3.63, 3.8) is 0 Å². The normalized spacial score (nSPS) is 11.7. The Labute approximate surface area is 107 Å². The van der Waals surface area contributed by atoms with Crippen LogP contribution >= 0.6 is 0 Å². The second-order valence-electron chi connectivity index (χ2n) is 4.02. The van der Waals surface area contributed by atoms with Crippen LogP contribution in [0.2, 0.25) is 0 Å². The zero-order valence-corrected chi connectivity index (χ0v) is 10.6. The van der Waals surface area contributed by atoms with Crippen LogP contribution < -0.4 is 10.1 Å². The van der Waals surface area contributed by atoms with Gasteiger partial charge in [-0.2, -0.15) is 0 Å². The fourth-order valence-corrected chi connectivity index (χ4v) is 1.35. The summed E-state index contributed by atoms with van der Waals surface area (Å²) in [7, 11) is 0. The highest BCUT2D eigenvalue weighted by Crippen LogP contribution is 2.12. The average molecular weight is 249 g/mol. The van der Waals surface area contributed by atoms with Gasteiger partial charge in [0.2, 0.25) is 0 Å². The molecule has 0 heterocycles. The quantitative estimate of drug-likeness (QED) is 0.724. The van der Waals surface area contributed by atoms with Gasteiger partial charge in [-0.15, -0.1) is 0 Å². The Bertz CT molecular complexity index is 385. The largest absolute Gasteiger partial charge is 0.490 e. The van der Waals surface area contributed by atoms with Crippen LogP contribution in [0.5, 0.6) is 5.75 Å². The Morgan fingerprint density at radius 3 is 2.72 bits per heavy atom. The van der Waals surface area contributed by atoms with Crippen molar-refractivity contribution in [1.82, 2.24) is 5.32 Å². The summed E-state index contributed by atoms with van der Waals surface area (Å²) in [5, 5.41) is 11.8. The summed E-state index contributed by atoms with van der Waals surface area (Å²) in [6.07, 6.45) is 1.81. The molecule has 1 aromatic rings. The summed E-state index contributed by atoms with van der Waals surface area (Å²) in [5.41, 5.74) is 0.576. The lowest BCUT2D eigenvalue weighted by Gasteiger charge is -2.07. The molecule has 2 N–H and O–H groups in total. The van der Waals surface area contributed by atoms with Crippen LogP contribution in [0, 0.1) is 0 Å². The number of carbonyl (C=O) groups is 1. The zero-order valence-electron chi connectivity index (χ0n) is 10.6. The van der Waals surface area contributed by atoms with Crippen molar-refractivity contribution in [3.8, 4) is 5.75 Å². The van der Waals surface area contributed by atoms with E-state index in [1.54, 1.807) is 37.3 Å². The Kier molecular flexibility index (Phi) is 5.94. The van der Waals surface area contributed by atoms with Gasteiger partial charge in [0, 0.05) is 12.1 Å². The number of ether oxygens (including phenoxy) is 1. The highest BCUT2D eigenvalue weighted by atomic mass is 16.5. The van der Waals surface area contributed by atoms with Gasteiger partial charge < -0.3 is 15.2 Å². The third kappa shape index (κ3) is 5.01. The first kappa shape index (κ1) is 14.3. The molecule has 0 aliphatic rings. The summed E-state index contributed by atoms with van der Waals surface area (Å²) in [5.74, 6) is 0.557. The monoisotopic (exact) mass is 249 g/mol. The summed E-state index contributed by atoms with van der Waals surface area (Å²) in [4.78, 5) is 11.7. The van der Waals surface area contributed by atoms with E-state index in [9.17, 15) is 4.79 Å². The van der Waals surface area contributed by atoms with Gasteiger partial charge in [0.25, 0.3) is 5.91 Å². The average Bonchev–Trinajstić information content (AvgIpc) is 2.36. The maximum atomic E-state index is 11.7. The van der Waals surface area contributed by atoms with Crippen LogP contribution in [0.4, 0.5) is 0 Å². The molecule has 98 valence electrons. The molecule has 4 nitrogen and oxygen atoms in total. The van der Waals surface area contributed by atoms with Gasteiger partial charge in [0.15, 0.2) is 0 Å². The van der Waals surface area contributed by atoms with Crippen molar-refractivity contribution in [2.24, 2.45) is 0 Å². The third-order valence-electron chi connectivity index (χ3n) is 2.33. The number of aliphatic hydroxyl groups excluding tert-OH is 1. The summed E-state index contributed by atoms with van der Waals surface area (Å²) in [6.45, 7) is 6.16. The fraction of sp³-hybridized carbons (Fsp3) is 0.357. The molecule has 1 aromatic carbocycles. The minimum absolute atomic E-state index is 0.147. The standard InChI is InChI=1S/C14H19NO3/c1-3-10-18-13-6-4-12(5-7-13)14(17)15-9-8-11(2)16/h3-7,11,16H,1,8-10H2,2H3,(H,15,17). The van der Waals surface area contributed by atoms with Gasteiger partial charge in [0.1, 0.15) is 12.4 Å². The molecular formula is C14H19NO3.